The molecule has 2 aliphatic carbocycles. The Morgan fingerprint density at radius 2 is 0.821 bits per heavy atom. The van der Waals surface area contributed by atoms with Crippen molar-refractivity contribution in [3.8, 4) is 22.3 Å². The summed E-state index contributed by atoms with van der Waals surface area (Å²) in [6.07, 6.45) is 8.53. The monoisotopic (exact) mass is 754 g/mol. The molecule has 0 aliphatic heterocycles. The Labute approximate surface area is 341 Å². The number of allylic oxidation sites excluding steroid dienone is 2. The first-order chi connectivity index (χ1) is 26.1. The summed E-state index contributed by atoms with van der Waals surface area (Å²) in [6.45, 7) is 30.9. The van der Waals surface area contributed by atoms with Crippen molar-refractivity contribution in [1.29, 1.82) is 0 Å². The highest BCUT2D eigenvalue weighted by Gasteiger charge is 2.40. The second-order valence-corrected chi connectivity index (χ2v) is 25.8. The second kappa shape index (κ2) is 14.3. The molecule has 2 aliphatic rings. The lowest BCUT2D eigenvalue weighted by Gasteiger charge is -2.31. The molecule has 5 aromatic carbocycles. The average molecular weight is 755 g/mol. The van der Waals surface area contributed by atoms with E-state index in [4.69, 9.17) is 0 Å². The maximum absolute atomic E-state index is 2.70. The molecule has 0 unspecified atom stereocenters. The van der Waals surface area contributed by atoms with E-state index >= 15 is 0 Å². The topological polar surface area (TPSA) is 0 Å². The van der Waals surface area contributed by atoms with E-state index in [9.17, 15) is 0 Å². The summed E-state index contributed by atoms with van der Waals surface area (Å²) in [7, 11) is -2.15. The molecule has 0 spiro atoms. The normalized spacial score (nSPS) is 14.7. The molecule has 0 atom stereocenters. The fourth-order valence-electron chi connectivity index (χ4n) is 8.81. The zero-order valence-corrected chi connectivity index (χ0v) is 37.8. The molecular weight excluding hydrogens is 689 g/mol. The van der Waals surface area contributed by atoms with Crippen molar-refractivity contribution in [2.45, 2.75) is 137 Å². The molecule has 0 fully saturated rings. The van der Waals surface area contributed by atoms with Gasteiger partial charge < -0.3 is 0 Å². The minimum Gasteiger partial charge on any atom is -0.0712 e. The summed E-state index contributed by atoms with van der Waals surface area (Å²) >= 11 is 0. The number of rotatable bonds is 7. The van der Waals surface area contributed by atoms with E-state index in [1.165, 1.54) is 78.4 Å². The molecule has 0 aromatic heterocycles. The molecule has 7 rings (SSSR count). The van der Waals surface area contributed by atoms with E-state index in [0.717, 1.165) is 19.3 Å². The van der Waals surface area contributed by atoms with Gasteiger partial charge in [0.15, 0.2) is 0 Å². The van der Waals surface area contributed by atoms with Gasteiger partial charge in [-0.15, -0.1) is 0 Å². The Bertz CT molecular complexity index is 2130. The quantitative estimate of drug-likeness (QED) is 0.145. The van der Waals surface area contributed by atoms with Gasteiger partial charge in [-0.25, -0.2) is 0 Å². The first-order valence-corrected chi connectivity index (χ1v) is 23.8. The maximum Gasteiger partial charge on any atom is 0.107 e. The Balaban J connectivity index is 1.36. The molecule has 290 valence electrons. The fourth-order valence-corrected chi connectivity index (χ4v) is 12.7. The Morgan fingerprint density at radius 3 is 1.18 bits per heavy atom. The highest BCUT2D eigenvalue weighted by Crippen LogP contribution is 2.47. The van der Waals surface area contributed by atoms with Crippen LogP contribution in [0.1, 0.15) is 133 Å². The highest BCUT2D eigenvalue weighted by atomic mass is 28.3. The minimum absolute atomic E-state index is 0.0725. The predicted octanol–water partition coefficient (Wildman–Crippen LogP) is 15.2. The van der Waals surface area contributed by atoms with Crippen LogP contribution in [-0.4, -0.2) is 8.07 Å². The van der Waals surface area contributed by atoms with Crippen molar-refractivity contribution in [3.63, 3.8) is 0 Å². The van der Waals surface area contributed by atoms with Crippen LogP contribution < -0.4 is 0 Å². The third-order valence-electron chi connectivity index (χ3n) is 12.9. The summed E-state index contributed by atoms with van der Waals surface area (Å²) < 4.78 is 0. The molecule has 0 N–H and O–H groups in total. The first kappa shape index (κ1) is 40.0. The molecule has 56 heavy (non-hydrogen) atoms. The lowest BCUT2D eigenvalue weighted by atomic mass is 9.78. The minimum atomic E-state index is -2.15. The molecular formula is C55H66Si. The van der Waals surface area contributed by atoms with Crippen LogP contribution >= 0.6 is 0 Å². The number of hydrogen-bond acceptors (Lipinski definition) is 0. The molecule has 0 heterocycles. The average Bonchev–Trinajstić information content (AvgIpc) is 3.78. The van der Waals surface area contributed by atoms with Crippen LogP contribution in [0, 0.1) is 0 Å². The summed E-state index contributed by atoms with van der Waals surface area (Å²) in [5.74, 6) is 0. The summed E-state index contributed by atoms with van der Waals surface area (Å²) in [6, 6.07) is 41.4. The van der Waals surface area contributed by atoms with Crippen LogP contribution in [0.25, 0.3) is 34.4 Å². The van der Waals surface area contributed by atoms with E-state index in [1.807, 2.05) is 0 Å². The number of hydrogen-bond donors (Lipinski definition) is 0. The predicted molar refractivity (Wildman–Crippen MR) is 248 cm³/mol. The molecule has 1 heteroatoms. The second-order valence-electron chi connectivity index (χ2n) is 21.4. The fraction of sp³-hybridized carbons (Fsp3) is 0.382. The summed E-state index contributed by atoms with van der Waals surface area (Å²) in [4.78, 5) is 0. The Morgan fingerprint density at radius 1 is 0.446 bits per heavy atom. The van der Waals surface area contributed by atoms with E-state index in [-0.39, 0.29) is 21.7 Å². The highest BCUT2D eigenvalue weighted by molar-refractivity contribution is 6.93. The lowest BCUT2D eigenvalue weighted by Crippen LogP contribution is -2.37. The Hall–Kier alpha value is -4.20. The van der Waals surface area contributed by atoms with E-state index < -0.39 is 8.07 Å². The molecule has 0 saturated carbocycles. The van der Waals surface area contributed by atoms with Gasteiger partial charge in [-0.05, 0) is 119 Å². The number of fused-ring (bicyclic) bond motifs is 2. The largest absolute Gasteiger partial charge is 0.107 e. The SMILES string of the molecule is CC(C)(C)c1cc(-c2cccc3c2C=C([Si](C)(CCc2ccccc2)C2=Cc4c(cccc4-c4cc(C(C)(C)C)cc(C(C)(C)C)c4)C2)C3)cc(C(C)(C)C)c1. The van der Waals surface area contributed by atoms with E-state index in [1.54, 1.807) is 10.4 Å². The van der Waals surface area contributed by atoms with Crippen LogP contribution in [0.4, 0.5) is 0 Å². The summed E-state index contributed by atoms with van der Waals surface area (Å²) in [5, 5.41) is 3.37. The lowest BCUT2D eigenvalue weighted by molar-refractivity contribution is 0.568. The molecule has 0 amide bonds. The molecule has 0 radical (unpaired) electrons. The van der Waals surface area contributed by atoms with Crippen molar-refractivity contribution >= 4 is 20.2 Å². The van der Waals surface area contributed by atoms with Gasteiger partial charge in [0.1, 0.15) is 8.07 Å². The van der Waals surface area contributed by atoms with Gasteiger partial charge in [0.05, 0.1) is 0 Å². The summed E-state index contributed by atoms with van der Waals surface area (Å²) in [5.41, 5.74) is 18.7. The van der Waals surface area contributed by atoms with Gasteiger partial charge in [0.25, 0.3) is 0 Å². The molecule has 0 nitrogen and oxygen atoms in total. The first-order valence-electron chi connectivity index (χ1n) is 21.1. The molecule has 0 bridgehead atoms. The third kappa shape index (κ3) is 7.99. The van der Waals surface area contributed by atoms with E-state index in [0.29, 0.717) is 0 Å². The van der Waals surface area contributed by atoms with Crippen LogP contribution in [-0.2, 0) is 40.9 Å². The molecule has 5 aromatic rings. The van der Waals surface area contributed by atoms with Crippen molar-refractivity contribution in [3.05, 3.63) is 164 Å². The third-order valence-corrected chi connectivity index (χ3v) is 17.6. The van der Waals surface area contributed by atoms with Gasteiger partial charge in [0.2, 0.25) is 0 Å². The maximum atomic E-state index is 2.70. The zero-order chi connectivity index (χ0) is 40.4. The van der Waals surface area contributed by atoms with Gasteiger partial charge in [-0.3, -0.25) is 0 Å². The van der Waals surface area contributed by atoms with Gasteiger partial charge in [-0.1, -0.05) is 215 Å². The number of aryl methyl sites for hydroxylation is 1. The van der Waals surface area contributed by atoms with Crippen molar-refractivity contribution in [1.82, 2.24) is 0 Å². The van der Waals surface area contributed by atoms with Crippen LogP contribution in [0.3, 0.4) is 0 Å². The zero-order valence-electron chi connectivity index (χ0n) is 36.8. The van der Waals surface area contributed by atoms with Gasteiger partial charge >= 0.3 is 0 Å². The van der Waals surface area contributed by atoms with E-state index in [2.05, 4.69) is 205 Å². The smallest absolute Gasteiger partial charge is 0.0712 e. The van der Waals surface area contributed by atoms with Crippen molar-refractivity contribution < 1.29 is 0 Å². The Kier molecular flexibility index (Phi) is 10.2. The van der Waals surface area contributed by atoms with Crippen molar-refractivity contribution in [2.75, 3.05) is 0 Å². The van der Waals surface area contributed by atoms with Gasteiger partial charge in [0, 0.05) is 0 Å². The van der Waals surface area contributed by atoms with Gasteiger partial charge in [-0.2, -0.15) is 0 Å². The van der Waals surface area contributed by atoms with Crippen molar-refractivity contribution in [2.24, 2.45) is 0 Å². The number of benzene rings is 5. The molecule has 0 saturated heterocycles. The van der Waals surface area contributed by atoms with Crippen LogP contribution in [0.15, 0.2) is 114 Å². The van der Waals surface area contributed by atoms with Crippen LogP contribution in [0.5, 0.6) is 0 Å². The van der Waals surface area contributed by atoms with Crippen LogP contribution in [0.2, 0.25) is 12.6 Å². The standard InChI is InChI=1S/C55H66Si/c1-52(2,3)42-27-40(28-43(33-42)53(4,5)6)48-23-17-21-38-31-46(35-50(38)48)56(13,26-25-37-19-15-14-16-20-37)47-32-39-22-18-24-49(51(39)36-47)41-29-44(54(7,8)9)34-45(30-41)55(10,11)12/h14-24,27-30,33-36H,25-26,31-32H2,1-13H3.